The van der Waals surface area contributed by atoms with E-state index in [0.29, 0.717) is 0 Å². The lowest BCUT2D eigenvalue weighted by Crippen LogP contribution is -2.09. The largest absolute Gasteiger partial charge is 0.391 e. The van der Waals surface area contributed by atoms with Gasteiger partial charge in [-0.05, 0) is 24.6 Å². The van der Waals surface area contributed by atoms with Crippen molar-refractivity contribution in [3.63, 3.8) is 0 Å². The molecule has 2 nitrogen and oxygen atoms in total. The van der Waals surface area contributed by atoms with Gasteiger partial charge in [0.2, 0.25) is 0 Å². The van der Waals surface area contributed by atoms with Gasteiger partial charge < -0.3 is 9.84 Å². The normalized spacial score (nSPS) is 28.5. The smallest absolute Gasteiger partial charge is 0.114 e. The maximum Gasteiger partial charge on any atom is 0.114 e. The Bertz CT molecular complexity index is 294. The number of epoxide rings is 1. The van der Waals surface area contributed by atoms with Crippen molar-refractivity contribution in [1.29, 1.82) is 0 Å². The molecule has 1 N–H and O–H groups in total. The van der Waals surface area contributed by atoms with Crippen LogP contribution in [-0.4, -0.2) is 17.3 Å². The van der Waals surface area contributed by atoms with E-state index in [1.165, 1.54) is 0 Å². The predicted octanol–water partition coefficient (Wildman–Crippen LogP) is 2.16. The summed E-state index contributed by atoms with van der Waals surface area (Å²) >= 11 is 5.75. The Morgan fingerprint density at radius 3 is 2.46 bits per heavy atom. The van der Waals surface area contributed by atoms with E-state index in [9.17, 15) is 5.11 Å². The molecule has 1 heterocycles. The molecule has 0 unspecified atom stereocenters. The molecule has 0 aromatic heterocycles. The molecule has 0 radical (unpaired) electrons. The van der Waals surface area contributed by atoms with Gasteiger partial charge >= 0.3 is 0 Å². The van der Waals surface area contributed by atoms with Crippen molar-refractivity contribution in [2.75, 3.05) is 0 Å². The van der Waals surface area contributed by atoms with Gasteiger partial charge in [-0.2, -0.15) is 0 Å². The Morgan fingerprint density at radius 1 is 1.38 bits per heavy atom. The molecule has 1 aromatic carbocycles. The first-order valence-electron chi connectivity index (χ1n) is 4.27. The van der Waals surface area contributed by atoms with Crippen LogP contribution in [0.1, 0.15) is 18.6 Å². The van der Waals surface area contributed by atoms with E-state index < -0.39 is 6.10 Å². The first-order chi connectivity index (χ1) is 6.18. The van der Waals surface area contributed by atoms with Crippen LogP contribution in [0.25, 0.3) is 0 Å². The maximum absolute atomic E-state index is 9.23. The van der Waals surface area contributed by atoms with Crippen molar-refractivity contribution in [3.8, 4) is 0 Å². The van der Waals surface area contributed by atoms with E-state index in [-0.39, 0.29) is 12.2 Å². The second-order valence-electron chi connectivity index (χ2n) is 3.31. The first-order valence-corrected chi connectivity index (χ1v) is 4.65. The molecule has 0 spiro atoms. The summed E-state index contributed by atoms with van der Waals surface area (Å²) < 4.78 is 5.31. The average molecular weight is 199 g/mol. The van der Waals surface area contributed by atoms with Gasteiger partial charge in [0.15, 0.2) is 0 Å². The van der Waals surface area contributed by atoms with Crippen LogP contribution in [0.4, 0.5) is 0 Å². The molecule has 13 heavy (non-hydrogen) atoms. The molecule has 1 fully saturated rings. The van der Waals surface area contributed by atoms with Gasteiger partial charge in [-0.3, -0.25) is 0 Å². The van der Waals surface area contributed by atoms with Crippen molar-refractivity contribution in [3.05, 3.63) is 34.9 Å². The standard InChI is InChI=1S/C10H11ClO2/c1-6(12)9-10(13-9)7-2-4-8(11)5-3-7/h2-6,9-10,12H,1H3/t6-,9-,10-/m0/s1. The molecule has 1 aliphatic heterocycles. The Balaban J connectivity index is 2.08. The van der Waals surface area contributed by atoms with Crippen LogP contribution < -0.4 is 0 Å². The fraction of sp³-hybridized carbons (Fsp3) is 0.400. The Kier molecular flexibility index (Phi) is 2.28. The molecule has 1 aromatic rings. The van der Waals surface area contributed by atoms with Crippen LogP contribution in [0.2, 0.25) is 5.02 Å². The number of rotatable bonds is 2. The third-order valence-corrected chi connectivity index (χ3v) is 2.45. The van der Waals surface area contributed by atoms with Crippen LogP contribution in [-0.2, 0) is 4.74 Å². The highest BCUT2D eigenvalue weighted by molar-refractivity contribution is 6.30. The lowest BCUT2D eigenvalue weighted by molar-refractivity contribution is 0.152. The molecule has 70 valence electrons. The quantitative estimate of drug-likeness (QED) is 0.739. The molecular weight excluding hydrogens is 188 g/mol. The number of benzene rings is 1. The number of ether oxygens (including phenoxy) is 1. The fourth-order valence-electron chi connectivity index (χ4n) is 1.41. The van der Waals surface area contributed by atoms with Crippen LogP contribution in [0, 0.1) is 0 Å². The Morgan fingerprint density at radius 2 is 2.00 bits per heavy atom. The molecule has 3 heteroatoms. The van der Waals surface area contributed by atoms with Crippen LogP contribution >= 0.6 is 11.6 Å². The highest BCUT2D eigenvalue weighted by Gasteiger charge is 2.43. The van der Waals surface area contributed by atoms with Crippen LogP contribution in [0.3, 0.4) is 0 Å². The average Bonchev–Trinajstić information content (AvgIpc) is 2.85. The predicted molar refractivity (Wildman–Crippen MR) is 50.7 cm³/mol. The van der Waals surface area contributed by atoms with Gasteiger partial charge in [0, 0.05) is 5.02 Å². The highest BCUT2D eigenvalue weighted by Crippen LogP contribution is 2.40. The second kappa shape index (κ2) is 3.29. The van der Waals surface area contributed by atoms with Gasteiger partial charge in [0.05, 0.1) is 6.10 Å². The summed E-state index contributed by atoms with van der Waals surface area (Å²) in [6.45, 7) is 1.74. The van der Waals surface area contributed by atoms with Gasteiger partial charge in [-0.1, -0.05) is 23.7 Å². The molecule has 0 aliphatic carbocycles. The molecule has 3 atom stereocenters. The monoisotopic (exact) mass is 198 g/mol. The topological polar surface area (TPSA) is 32.8 Å². The van der Waals surface area contributed by atoms with E-state index in [0.717, 1.165) is 10.6 Å². The fourth-order valence-corrected chi connectivity index (χ4v) is 1.54. The molecule has 2 rings (SSSR count). The van der Waals surface area contributed by atoms with Gasteiger partial charge in [-0.25, -0.2) is 0 Å². The lowest BCUT2D eigenvalue weighted by atomic mass is 10.1. The van der Waals surface area contributed by atoms with E-state index in [1.54, 1.807) is 6.92 Å². The summed E-state index contributed by atoms with van der Waals surface area (Å²) in [4.78, 5) is 0. The number of aliphatic hydroxyl groups is 1. The number of hydrogen-bond donors (Lipinski definition) is 1. The summed E-state index contributed by atoms with van der Waals surface area (Å²) in [6, 6.07) is 7.51. The highest BCUT2D eigenvalue weighted by atomic mass is 35.5. The van der Waals surface area contributed by atoms with Crippen molar-refractivity contribution in [2.24, 2.45) is 0 Å². The maximum atomic E-state index is 9.23. The van der Waals surface area contributed by atoms with E-state index in [1.807, 2.05) is 24.3 Å². The zero-order chi connectivity index (χ0) is 9.42. The second-order valence-corrected chi connectivity index (χ2v) is 3.75. The van der Waals surface area contributed by atoms with Crippen molar-refractivity contribution in [1.82, 2.24) is 0 Å². The Hall–Kier alpha value is -0.570. The zero-order valence-electron chi connectivity index (χ0n) is 7.27. The summed E-state index contributed by atoms with van der Waals surface area (Å²) in [5.41, 5.74) is 1.08. The lowest BCUT2D eigenvalue weighted by Gasteiger charge is -1.98. The van der Waals surface area contributed by atoms with Gasteiger partial charge in [-0.15, -0.1) is 0 Å². The molecule has 1 saturated heterocycles. The summed E-state index contributed by atoms with van der Waals surface area (Å²) in [7, 11) is 0. The minimum atomic E-state index is -0.402. The summed E-state index contributed by atoms with van der Waals surface area (Å²) in [5.74, 6) is 0. The van der Waals surface area contributed by atoms with Gasteiger partial charge in [0.25, 0.3) is 0 Å². The Labute approximate surface area is 82.1 Å². The zero-order valence-corrected chi connectivity index (χ0v) is 8.03. The third-order valence-electron chi connectivity index (χ3n) is 2.20. The summed E-state index contributed by atoms with van der Waals surface area (Å²) in [6.07, 6.45) is -0.390. The molecule has 0 amide bonds. The van der Waals surface area contributed by atoms with Crippen LogP contribution in [0.5, 0.6) is 0 Å². The molecular formula is C10H11ClO2. The molecule has 1 aliphatic rings. The van der Waals surface area contributed by atoms with Crippen LogP contribution in [0.15, 0.2) is 24.3 Å². The van der Waals surface area contributed by atoms with Crippen molar-refractivity contribution in [2.45, 2.75) is 25.2 Å². The minimum Gasteiger partial charge on any atom is -0.391 e. The summed E-state index contributed by atoms with van der Waals surface area (Å²) in [5, 5.41) is 9.95. The first kappa shape index (κ1) is 9.00. The van der Waals surface area contributed by atoms with Crippen molar-refractivity contribution < 1.29 is 9.84 Å². The van der Waals surface area contributed by atoms with E-state index in [4.69, 9.17) is 16.3 Å². The third kappa shape index (κ3) is 1.85. The minimum absolute atomic E-state index is 0.0406. The number of aliphatic hydroxyl groups excluding tert-OH is 1. The number of hydrogen-bond acceptors (Lipinski definition) is 2. The van der Waals surface area contributed by atoms with Gasteiger partial charge in [0.1, 0.15) is 12.2 Å². The van der Waals surface area contributed by atoms with Crippen molar-refractivity contribution >= 4 is 11.6 Å². The molecule has 0 bridgehead atoms. The molecule has 0 saturated carbocycles. The SMILES string of the molecule is C[C@H](O)[C@@H]1O[C@H]1c1ccc(Cl)cc1. The number of halogens is 1. The van der Waals surface area contributed by atoms with E-state index in [2.05, 4.69) is 0 Å². The van der Waals surface area contributed by atoms with E-state index >= 15 is 0 Å².